The van der Waals surface area contributed by atoms with Crippen molar-refractivity contribution in [3.63, 3.8) is 0 Å². The van der Waals surface area contributed by atoms with Crippen LogP contribution in [0.5, 0.6) is 11.5 Å². The molecule has 0 aliphatic carbocycles. The maximum absolute atomic E-state index is 9.87. The van der Waals surface area contributed by atoms with E-state index in [-0.39, 0.29) is 6.41 Å². The molecule has 1 aliphatic rings. The Kier molecular flexibility index (Phi) is 13.7. The first-order valence-electron chi connectivity index (χ1n) is 8.97. The second-order valence-electron chi connectivity index (χ2n) is 5.84. The Morgan fingerprint density at radius 3 is 2.54 bits per heavy atom. The number of carbonyl (C=O) groups is 2. The van der Waals surface area contributed by atoms with E-state index in [1.54, 1.807) is 0 Å². The SMILES string of the molecule is CCCCCC(=O)O.CCNC(C)Cc1ccc2c(c1)OCO2.NC=O. The van der Waals surface area contributed by atoms with Crippen molar-refractivity contribution in [3.05, 3.63) is 23.8 Å². The first-order valence-corrected chi connectivity index (χ1v) is 8.97. The number of primary amides is 1. The molecule has 0 radical (unpaired) electrons. The summed E-state index contributed by atoms with van der Waals surface area (Å²) >= 11 is 0. The summed E-state index contributed by atoms with van der Waals surface area (Å²) in [6.45, 7) is 7.72. The van der Waals surface area contributed by atoms with Gasteiger partial charge in [-0.05, 0) is 44.0 Å². The second-order valence-corrected chi connectivity index (χ2v) is 5.84. The number of likely N-dealkylation sites (N-methyl/N-ethyl adjacent to an activating group) is 1. The number of unbranched alkanes of at least 4 members (excludes halogenated alkanes) is 2. The molecule has 0 bridgehead atoms. The van der Waals surface area contributed by atoms with Gasteiger partial charge in [-0.1, -0.05) is 32.8 Å². The predicted octanol–water partition coefficient (Wildman–Crippen LogP) is 2.71. The van der Waals surface area contributed by atoms with Crippen LogP contribution in [0.4, 0.5) is 0 Å². The lowest BCUT2D eigenvalue weighted by Crippen LogP contribution is -2.27. The molecule has 26 heavy (non-hydrogen) atoms. The van der Waals surface area contributed by atoms with E-state index in [1.165, 1.54) is 5.56 Å². The zero-order chi connectivity index (χ0) is 19.8. The standard InChI is InChI=1S/C12H17NO2.C6H12O2.CH3NO/c1-3-13-9(2)6-10-4-5-11-12(7-10)15-8-14-11;1-2-3-4-5-6(7)8;2-1-3/h4-5,7,9,13H,3,6,8H2,1-2H3;2-5H2,1H3,(H,7,8);1H,(H2,2,3). The van der Waals surface area contributed by atoms with Gasteiger partial charge in [-0.3, -0.25) is 9.59 Å². The number of amides is 1. The summed E-state index contributed by atoms with van der Waals surface area (Å²) in [7, 11) is 0. The molecule has 0 aromatic heterocycles. The lowest BCUT2D eigenvalue weighted by molar-refractivity contribution is -0.137. The van der Waals surface area contributed by atoms with Gasteiger partial charge in [0.1, 0.15) is 0 Å². The zero-order valence-corrected chi connectivity index (χ0v) is 16.0. The molecular formula is C19H32N2O5. The summed E-state index contributed by atoms with van der Waals surface area (Å²) in [4.78, 5) is 18.5. The average molecular weight is 368 g/mol. The van der Waals surface area contributed by atoms with Crippen LogP contribution in [0.2, 0.25) is 0 Å². The van der Waals surface area contributed by atoms with Crippen molar-refractivity contribution >= 4 is 12.4 Å². The van der Waals surface area contributed by atoms with Crippen molar-refractivity contribution in [2.24, 2.45) is 5.73 Å². The number of ether oxygens (including phenoxy) is 2. The molecule has 7 heteroatoms. The van der Waals surface area contributed by atoms with Crippen LogP contribution in [-0.4, -0.2) is 36.9 Å². The van der Waals surface area contributed by atoms with Crippen LogP contribution in [0.25, 0.3) is 0 Å². The highest BCUT2D eigenvalue weighted by Crippen LogP contribution is 2.32. The Morgan fingerprint density at radius 2 is 1.96 bits per heavy atom. The molecule has 148 valence electrons. The van der Waals surface area contributed by atoms with Gasteiger partial charge in [-0.25, -0.2) is 0 Å². The summed E-state index contributed by atoms with van der Waals surface area (Å²) in [5.74, 6) is 1.05. The number of nitrogens with one attached hydrogen (secondary N) is 1. The molecule has 1 aliphatic heterocycles. The largest absolute Gasteiger partial charge is 0.481 e. The molecule has 1 aromatic rings. The van der Waals surface area contributed by atoms with Crippen LogP contribution >= 0.6 is 0 Å². The Morgan fingerprint density at radius 1 is 1.31 bits per heavy atom. The fraction of sp³-hybridized carbons (Fsp3) is 0.579. The summed E-state index contributed by atoms with van der Waals surface area (Å²) < 4.78 is 10.6. The van der Waals surface area contributed by atoms with Gasteiger partial charge >= 0.3 is 5.97 Å². The maximum atomic E-state index is 9.87. The van der Waals surface area contributed by atoms with Gasteiger partial charge in [0.05, 0.1) is 0 Å². The van der Waals surface area contributed by atoms with Crippen LogP contribution in [-0.2, 0) is 16.0 Å². The van der Waals surface area contributed by atoms with Crippen molar-refractivity contribution in [2.75, 3.05) is 13.3 Å². The first-order chi connectivity index (χ1) is 12.5. The molecule has 1 amide bonds. The lowest BCUT2D eigenvalue weighted by atomic mass is 10.1. The van der Waals surface area contributed by atoms with E-state index in [4.69, 9.17) is 19.4 Å². The van der Waals surface area contributed by atoms with Crippen molar-refractivity contribution in [1.29, 1.82) is 0 Å². The molecule has 4 N–H and O–H groups in total. The molecule has 0 saturated heterocycles. The summed E-state index contributed by atoms with van der Waals surface area (Å²) in [5, 5.41) is 11.5. The molecule has 0 fully saturated rings. The minimum absolute atomic E-state index is 0.250. The number of rotatable bonds is 8. The van der Waals surface area contributed by atoms with Gasteiger partial charge in [-0.2, -0.15) is 0 Å². The monoisotopic (exact) mass is 368 g/mol. The Labute approximate surface area is 155 Å². The fourth-order valence-electron chi connectivity index (χ4n) is 2.37. The third kappa shape index (κ3) is 11.3. The third-order valence-corrected chi connectivity index (χ3v) is 3.53. The molecular weight excluding hydrogens is 336 g/mol. The van der Waals surface area contributed by atoms with E-state index in [2.05, 4.69) is 44.0 Å². The van der Waals surface area contributed by atoms with Crippen molar-refractivity contribution in [2.45, 2.75) is 58.9 Å². The van der Waals surface area contributed by atoms with Crippen LogP contribution in [0.1, 0.15) is 52.0 Å². The minimum atomic E-state index is -0.682. The normalized spacial score (nSPS) is 12.1. The first kappa shape index (κ1) is 23.7. The number of fused-ring (bicyclic) bond motifs is 1. The number of carbonyl (C=O) groups excluding carboxylic acids is 1. The van der Waals surface area contributed by atoms with Crippen molar-refractivity contribution in [3.8, 4) is 11.5 Å². The van der Waals surface area contributed by atoms with Gasteiger partial charge in [0.25, 0.3) is 0 Å². The second kappa shape index (κ2) is 15.0. The zero-order valence-electron chi connectivity index (χ0n) is 16.0. The van der Waals surface area contributed by atoms with E-state index in [0.717, 1.165) is 43.7 Å². The molecule has 0 saturated carbocycles. The summed E-state index contributed by atoms with van der Waals surface area (Å²) in [5.41, 5.74) is 5.45. The number of benzene rings is 1. The van der Waals surface area contributed by atoms with Crippen LogP contribution in [0.3, 0.4) is 0 Å². The van der Waals surface area contributed by atoms with Crippen molar-refractivity contribution < 1.29 is 24.2 Å². The molecule has 2 rings (SSSR count). The number of aliphatic carboxylic acids is 1. The Hall–Kier alpha value is -2.28. The summed E-state index contributed by atoms with van der Waals surface area (Å²) in [6.07, 6.45) is 4.55. The van der Waals surface area contributed by atoms with E-state index < -0.39 is 5.97 Å². The van der Waals surface area contributed by atoms with Crippen LogP contribution < -0.4 is 20.5 Å². The number of hydrogen-bond acceptors (Lipinski definition) is 5. The highest BCUT2D eigenvalue weighted by Gasteiger charge is 2.13. The average Bonchev–Trinajstić information content (AvgIpc) is 3.04. The topological polar surface area (TPSA) is 111 Å². The number of carboxylic acid groups (broad SMARTS) is 1. The lowest BCUT2D eigenvalue weighted by Gasteiger charge is -2.12. The highest BCUT2D eigenvalue weighted by atomic mass is 16.7. The predicted molar refractivity (Wildman–Crippen MR) is 101 cm³/mol. The smallest absolute Gasteiger partial charge is 0.303 e. The Bertz CT molecular complexity index is 523. The van der Waals surface area contributed by atoms with Crippen molar-refractivity contribution in [1.82, 2.24) is 5.32 Å². The molecule has 1 atom stereocenters. The van der Waals surface area contributed by atoms with Crippen LogP contribution in [0.15, 0.2) is 18.2 Å². The van der Waals surface area contributed by atoms with Gasteiger partial charge in [0.2, 0.25) is 13.2 Å². The van der Waals surface area contributed by atoms with E-state index in [9.17, 15) is 4.79 Å². The fourth-order valence-corrected chi connectivity index (χ4v) is 2.37. The maximum Gasteiger partial charge on any atom is 0.303 e. The van der Waals surface area contributed by atoms with Gasteiger partial charge in [-0.15, -0.1) is 0 Å². The van der Waals surface area contributed by atoms with Gasteiger partial charge < -0.3 is 25.6 Å². The minimum Gasteiger partial charge on any atom is -0.481 e. The highest BCUT2D eigenvalue weighted by molar-refractivity contribution is 5.66. The van der Waals surface area contributed by atoms with Crippen LogP contribution in [0, 0.1) is 0 Å². The molecule has 0 spiro atoms. The summed E-state index contributed by atoms with van der Waals surface area (Å²) in [6, 6.07) is 6.64. The molecule has 1 unspecified atom stereocenters. The number of carboxylic acids is 1. The molecule has 1 heterocycles. The molecule has 1 aromatic carbocycles. The van der Waals surface area contributed by atoms with E-state index in [1.807, 2.05) is 6.07 Å². The van der Waals surface area contributed by atoms with E-state index >= 15 is 0 Å². The van der Waals surface area contributed by atoms with Gasteiger partial charge in [0, 0.05) is 12.5 Å². The van der Waals surface area contributed by atoms with Gasteiger partial charge in [0.15, 0.2) is 11.5 Å². The molecule has 7 nitrogen and oxygen atoms in total. The third-order valence-electron chi connectivity index (χ3n) is 3.53. The number of hydrogen-bond donors (Lipinski definition) is 3. The number of nitrogens with two attached hydrogens (primary N) is 1. The van der Waals surface area contributed by atoms with E-state index in [0.29, 0.717) is 19.3 Å². The Balaban J connectivity index is 0.000000483. The quantitative estimate of drug-likeness (QED) is 0.480.